The normalized spacial score (nSPS) is 21.8. The van der Waals surface area contributed by atoms with Crippen LogP contribution in [0.5, 0.6) is 0 Å². The summed E-state index contributed by atoms with van der Waals surface area (Å²) in [5.41, 5.74) is -0.713. The Morgan fingerprint density at radius 2 is 1.84 bits per heavy atom. The molecule has 0 bridgehead atoms. The maximum Gasteiger partial charge on any atom is 0.311 e. The number of carbonyl (C=O) groups excluding carboxylic acids is 2. The second-order valence-electron chi connectivity index (χ2n) is 5.58. The van der Waals surface area contributed by atoms with Gasteiger partial charge in [0.15, 0.2) is 0 Å². The van der Waals surface area contributed by atoms with Gasteiger partial charge >= 0.3 is 5.97 Å². The van der Waals surface area contributed by atoms with Crippen molar-refractivity contribution in [2.24, 2.45) is 11.3 Å². The number of carbonyl (C=O) groups is 3. The average molecular weight is 268 g/mol. The highest BCUT2D eigenvalue weighted by molar-refractivity contribution is 5.82. The van der Waals surface area contributed by atoms with E-state index in [1.165, 1.54) is 6.92 Å². The minimum atomic E-state index is -0.820. The Labute approximate surface area is 112 Å². The van der Waals surface area contributed by atoms with E-state index in [2.05, 4.69) is 5.32 Å². The van der Waals surface area contributed by atoms with Gasteiger partial charge in [0.2, 0.25) is 11.8 Å². The van der Waals surface area contributed by atoms with Gasteiger partial charge in [0.1, 0.15) is 0 Å². The highest BCUT2D eigenvalue weighted by atomic mass is 16.4. The van der Waals surface area contributed by atoms with Crippen molar-refractivity contribution in [2.45, 2.75) is 32.6 Å². The zero-order chi connectivity index (χ0) is 14.0. The molecule has 0 atom stereocenters. The van der Waals surface area contributed by atoms with Gasteiger partial charge in [0, 0.05) is 32.5 Å². The molecule has 1 saturated carbocycles. The Bertz CT molecular complexity index is 395. The molecule has 6 heteroatoms. The molecule has 0 aromatic rings. The minimum Gasteiger partial charge on any atom is -0.481 e. The predicted molar refractivity (Wildman–Crippen MR) is 67.3 cm³/mol. The van der Waals surface area contributed by atoms with Crippen molar-refractivity contribution in [3.8, 4) is 0 Å². The number of aliphatic carboxylic acids is 1. The number of carboxylic acids is 1. The molecule has 19 heavy (non-hydrogen) atoms. The second-order valence-corrected chi connectivity index (χ2v) is 5.58. The highest BCUT2D eigenvalue weighted by Crippen LogP contribution is 2.45. The quantitative estimate of drug-likeness (QED) is 0.764. The minimum absolute atomic E-state index is 0.0432. The molecule has 0 unspecified atom stereocenters. The molecule has 6 nitrogen and oxygen atoms in total. The first-order chi connectivity index (χ1) is 8.94. The van der Waals surface area contributed by atoms with E-state index in [-0.39, 0.29) is 24.3 Å². The van der Waals surface area contributed by atoms with Gasteiger partial charge in [-0.2, -0.15) is 0 Å². The van der Waals surface area contributed by atoms with Crippen molar-refractivity contribution in [2.75, 3.05) is 19.6 Å². The largest absolute Gasteiger partial charge is 0.481 e. The summed E-state index contributed by atoms with van der Waals surface area (Å²) in [6, 6.07) is 0. The number of nitrogens with one attached hydrogen (secondary N) is 1. The summed E-state index contributed by atoms with van der Waals surface area (Å²) >= 11 is 0. The van der Waals surface area contributed by atoms with E-state index in [0.717, 1.165) is 0 Å². The lowest BCUT2D eigenvalue weighted by Crippen LogP contribution is -2.44. The third-order valence-corrected chi connectivity index (χ3v) is 4.22. The summed E-state index contributed by atoms with van der Waals surface area (Å²) in [6.45, 7) is 2.98. The Hall–Kier alpha value is -1.59. The molecule has 1 aliphatic heterocycles. The maximum absolute atomic E-state index is 12.0. The molecular weight excluding hydrogens is 248 g/mol. The Balaban J connectivity index is 1.76. The van der Waals surface area contributed by atoms with Crippen LogP contribution in [0.25, 0.3) is 0 Å². The van der Waals surface area contributed by atoms with Gasteiger partial charge in [-0.3, -0.25) is 14.4 Å². The number of amides is 2. The van der Waals surface area contributed by atoms with E-state index < -0.39 is 11.4 Å². The third-order valence-electron chi connectivity index (χ3n) is 4.22. The van der Waals surface area contributed by atoms with E-state index in [0.29, 0.717) is 38.8 Å². The number of rotatable bonds is 4. The topological polar surface area (TPSA) is 86.7 Å². The van der Waals surface area contributed by atoms with Crippen molar-refractivity contribution >= 4 is 17.8 Å². The van der Waals surface area contributed by atoms with Gasteiger partial charge in [0.25, 0.3) is 0 Å². The number of carboxylic acid groups (broad SMARTS) is 1. The van der Waals surface area contributed by atoms with Crippen LogP contribution < -0.4 is 5.32 Å². The van der Waals surface area contributed by atoms with Crippen LogP contribution in [0, 0.1) is 11.3 Å². The maximum atomic E-state index is 12.0. The summed E-state index contributed by atoms with van der Waals surface area (Å²) < 4.78 is 0. The Morgan fingerprint density at radius 1 is 1.26 bits per heavy atom. The molecule has 2 aliphatic rings. The molecule has 2 amide bonds. The molecule has 2 fully saturated rings. The summed E-state index contributed by atoms with van der Waals surface area (Å²) in [6.07, 6.45) is 2.60. The van der Waals surface area contributed by atoms with E-state index in [1.54, 1.807) is 4.90 Å². The molecule has 0 spiro atoms. The standard InChI is InChI=1S/C13H20N2O4/c1-9(16)15-6-2-10(3-7-15)11(17)14-8-13(4-5-13)12(18)19/h10H,2-8H2,1H3,(H,14,17)(H,18,19). The zero-order valence-corrected chi connectivity index (χ0v) is 11.1. The molecule has 2 N–H and O–H groups in total. The molecular formula is C13H20N2O4. The first-order valence-corrected chi connectivity index (χ1v) is 6.71. The first kappa shape index (κ1) is 13.8. The molecule has 1 saturated heterocycles. The van der Waals surface area contributed by atoms with Crippen molar-refractivity contribution in [1.82, 2.24) is 10.2 Å². The molecule has 106 valence electrons. The second kappa shape index (κ2) is 5.19. The zero-order valence-electron chi connectivity index (χ0n) is 11.1. The number of piperidine rings is 1. The molecule has 0 aromatic heterocycles. The van der Waals surface area contributed by atoms with Gasteiger partial charge in [-0.15, -0.1) is 0 Å². The summed E-state index contributed by atoms with van der Waals surface area (Å²) in [5.74, 6) is -0.947. The number of hydrogen-bond acceptors (Lipinski definition) is 3. The fraction of sp³-hybridized carbons (Fsp3) is 0.769. The lowest BCUT2D eigenvalue weighted by molar-refractivity contribution is -0.143. The Kier molecular flexibility index (Phi) is 3.78. The molecule has 1 heterocycles. The van der Waals surface area contributed by atoms with Crippen LogP contribution in [-0.4, -0.2) is 47.4 Å². The molecule has 0 aromatic carbocycles. The van der Waals surface area contributed by atoms with Gasteiger partial charge in [-0.05, 0) is 25.7 Å². The number of likely N-dealkylation sites (tertiary alicyclic amines) is 1. The fourth-order valence-electron chi connectivity index (χ4n) is 2.47. The van der Waals surface area contributed by atoms with Gasteiger partial charge in [-0.1, -0.05) is 0 Å². The van der Waals surface area contributed by atoms with E-state index in [4.69, 9.17) is 5.11 Å². The number of hydrogen-bond donors (Lipinski definition) is 2. The van der Waals surface area contributed by atoms with Crippen molar-refractivity contribution in [3.05, 3.63) is 0 Å². The SMILES string of the molecule is CC(=O)N1CCC(C(=O)NCC2(C(=O)O)CC2)CC1. The van der Waals surface area contributed by atoms with E-state index in [1.807, 2.05) is 0 Å². The fourth-order valence-corrected chi connectivity index (χ4v) is 2.47. The van der Waals surface area contributed by atoms with Gasteiger partial charge < -0.3 is 15.3 Å². The summed E-state index contributed by atoms with van der Waals surface area (Å²) in [4.78, 5) is 35.9. The summed E-state index contributed by atoms with van der Waals surface area (Å²) in [5, 5.41) is 11.8. The number of nitrogens with zero attached hydrogens (tertiary/aromatic N) is 1. The molecule has 2 rings (SSSR count). The van der Waals surface area contributed by atoms with Crippen LogP contribution in [0.4, 0.5) is 0 Å². The van der Waals surface area contributed by atoms with Gasteiger partial charge in [0.05, 0.1) is 5.41 Å². The van der Waals surface area contributed by atoms with Gasteiger partial charge in [-0.25, -0.2) is 0 Å². The van der Waals surface area contributed by atoms with Crippen LogP contribution in [0.15, 0.2) is 0 Å². The monoisotopic (exact) mass is 268 g/mol. The summed E-state index contributed by atoms with van der Waals surface area (Å²) in [7, 11) is 0. The van der Waals surface area contributed by atoms with Crippen LogP contribution in [0.1, 0.15) is 32.6 Å². The van der Waals surface area contributed by atoms with Crippen LogP contribution in [0.2, 0.25) is 0 Å². The van der Waals surface area contributed by atoms with Crippen LogP contribution in [0.3, 0.4) is 0 Å². The highest BCUT2D eigenvalue weighted by Gasteiger charge is 2.50. The van der Waals surface area contributed by atoms with Crippen LogP contribution in [-0.2, 0) is 14.4 Å². The first-order valence-electron chi connectivity index (χ1n) is 6.71. The smallest absolute Gasteiger partial charge is 0.311 e. The van der Waals surface area contributed by atoms with Crippen molar-refractivity contribution in [3.63, 3.8) is 0 Å². The average Bonchev–Trinajstić information content (AvgIpc) is 3.17. The predicted octanol–water partition coefficient (Wildman–Crippen LogP) is 0.226. The lowest BCUT2D eigenvalue weighted by Gasteiger charge is -2.30. The van der Waals surface area contributed by atoms with Crippen LogP contribution >= 0.6 is 0 Å². The van der Waals surface area contributed by atoms with E-state index >= 15 is 0 Å². The van der Waals surface area contributed by atoms with E-state index in [9.17, 15) is 14.4 Å². The Morgan fingerprint density at radius 3 is 2.26 bits per heavy atom. The molecule has 0 radical (unpaired) electrons. The van der Waals surface area contributed by atoms with Crippen molar-refractivity contribution < 1.29 is 19.5 Å². The molecule has 1 aliphatic carbocycles. The third kappa shape index (κ3) is 3.05. The van der Waals surface area contributed by atoms with Crippen molar-refractivity contribution in [1.29, 1.82) is 0 Å². The lowest BCUT2D eigenvalue weighted by atomic mass is 9.95.